The molecule has 0 amide bonds. The van der Waals surface area contributed by atoms with Gasteiger partial charge in [0.15, 0.2) is 5.96 Å². The van der Waals surface area contributed by atoms with Crippen LogP contribution in [0.25, 0.3) is 0 Å². The van der Waals surface area contributed by atoms with Gasteiger partial charge in [-0.3, -0.25) is 9.89 Å². The lowest BCUT2D eigenvalue weighted by Gasteiger charge is -2.54. The fraction of sp³-hybridized carbons (Fsp3) is 0.950. The smallest absolute Gasteiger partial charge is 0.193 e. The highest BCUT2D eigenvalue weighted by Gasteiger charge is 2.57. The van der Waals surface area contributed by atoms with Gasteiger partial charge in [-0.15, -0.1) is 0 Å². The van der Waals surface area contributed by atoms with Crippen LogP contribution in [0.2, 0.25) is 0 Å². The van der Waals surface area contributed by atoms with Crippen LogP contribution in [-0.2, 0) is 4.74 Å². The molecule has 2 saturated carbocycles. The minimum absolute atomic E-state index is 0.375. The third-order valence-electron chi connectivity index (χ3n) is 7.32. The Morgan fingerprint density at radius 3 is 2.60 bits per heavy atom. The van der Waals surface area contributed by atoms with Crippen molar-refractivity contribution in [3.63, 3.8) is 0 Å². The molecule has 3 atom stereocenters. The summed E-state index contributed by atoms with van der Waals surface area (Å²) in [6.07, 6.45) is 11.0. The van der Waals surface area contributed by atoms with Crippen LogP contribution in [0.4, 0.5) is 0 Å². The number of guanidine groups is 1. The molecule has 2 saturated heterocycles. The van der Waals surface area contributed by atoms with Crippen LogP contribution in [0.3, 0.4) is 0 Å². The van der Waals surface area contributed by atoms with Crippen molar-refractivity contribution in [1.82, 2.24) is 15.1 Å². The van der Waals surface area contributed by atoms with E-state index in [4.69, 9.17) is 4.74 Å². The maximum absolute atomic E-state index is 6.07. The predicted octanol–water partition coefficient (Wildman–Crippen LogP) is 2.47. The van der Waals surface area contributed by atoms with Crippen molar-refractivity contribution >= 4 is 5.96 Å². The largest absolute Gasteiger partial charge is 0.378 e. The van der Waals surface area contributed by atoms with Crippen LogP contribution < -0.4 is 5.32 Å². The van der Waals surface area contributed by atoms with Crippen molar-refractivity contribution in [2.45, 2.75) is 76.5 Å². The number of nitrogens with zero attached hydrogens (tertiary/aromatic N) is 3. The second kappa shape index (κ2) is 7.43. The van der Waals surface area contributed by atoms with E-state index in [1.54, 1.807) is 0 Å². The van der Waals surface area contributed by atoms with E-state index in [9.17, 15) is 0 Å². The zero-order valence-corrected chi connectivity index (χ0v) is 16.2. The van der Waals surface area contributed by atoms with Gasteiger partial charge < -0.3 is 15.0 Å². The van der Waals surface area contributed by atoms with Crippen molar-refractivity contribution < 1.29 is 4.74 Å². The molecule has 2 heterocycles. The second-order valence-electron chi connectivity index (χ2n) is 8.50. The van der Waals surface area contributed by atoms with Crippen LogP contribution in [0, 0.1) is 5.41 Å². The molecular weight excluding hydrogens is 312 g/mol. The van der Waals surface area contributed by atoms with Gasteiger partial charge in [0, 0.05) is 44.2 Å². The summed E-state index contributed by atoms with van der Waals surface area (Å²) < 4.78 is 6.07. The Kier molecular flexibility index (Phi) is 5.23. The van der Waals surface area contributed by atoms with Gasteiger partial charge in [0.05, 0.1) is 6.10 Å². The zero-order valence-electron chi connectivity index (χ0n) is 16.2. The summed E-state index contributed by atoms with van der Waals surface area (Å²) in [6, 6.07) is 1.29. The van der Waals surface area contributed by atoms with E-state index < -0.39 is 0 Å². The molecular formula is C20H36N4O. The molecule has 4 fully saturated rings. The molecule has 0 aromatic rings. The van der Waals surface area contributed by atoms with E-state index in [-0.39, 0.29) is 0 Å². The summed E-state index contributed by atoms with van der Waals surface area (Å²) in [5.41, 5.74) is 0.375. The standard InChI is InChI=1S/C20H36N4O/c1-3-25-18-14-17(20(18)9-4-5-10-20)22-19(21-2)24-13-8-16(15-24)23-11-6-7-12-23/h16-18H,3-15H2,1-2H3,(H,21,22). The summed E-state index contributed by atoms with van der Waals surface area (Å²) in [7, 11) is 1.95. The lowest BCUT2D eigenvalue weighted by molar-refractivity contribution is -0.126. The minimum Gasteiger partial charge on any atom is -0.378 e. The van der Waals surface area contributed by atoms with Gasteiger partial charge in [0.2, 0.25) is 0 Å². The average molecular weight is 349 g/mol. The van der Waals surface area contributed by atoms with Gasteiger partial charge in [0.25, 0.3) is 0 Å². The van der Waals surface area contributed by atoms with E-state index in [0.717, 1.165) is 38.1 Å². The third kappa shape index (κ3) is 3.18. The van der Waals surface area contributed by atoms with E-state index in [1.807, 2.05) is 7.05 Å². The Morgan fingerprint density at radius 2 is 1.92 bits per heavy atom. The van der Waals surface area contributed by atoms with Crippen LogP contribution in [0.15, 0.2) is 4.99 Å². The molecule has 0 aromatic carbocycles. The Morgan fingerprint density at radius 1 is 1.16 bits per heavy atom. The summed E-state index contributed by atoms with van der Waals surface area (Å²) >= 11 is 0. The van der Waals surface area contributed by atoms with Gasteiger partial charge in [-0.05, 0) is 58.5 Å². The maximum Gasteiger partial charge on any atom is 0.193 e. The Hall–Kier alpha value is -0.810. The van der Waals surface area contributed by atoms with Gasteiger partial charge in [-0.1, -0.05) is 12.8 Å². The maximum atomic E-state index is 6.07. The van der Waals surface area contributed by atoms with Gasteiger partial charge in [-0.25, -0.2) is 0 Å². The lowest BCUT2D eigenvalue weighted by Crippen LogP contribution is -2.65. The first-order chi connectivity index (χ1) is 12.3. The highest BCUT2D eigenvalue weighted by molar-refractivity contribution is 5.80. The molecule has 1 spiro atoms. The van der Waals surface area contributed by atoms with E-state index >= 15 is 0 Å². The molecule has 2 aliphatic heterocycles. The van der Waals surface area contributed by atoms with Crippen molar-refractivity contribution in [2.75, 3.05) is 39.8 Å². The topological polar surface area (TPSA) is 40.1 Å². The number of nitrogens with one attached hydrogen (secondary N) is 1. The molecule has 0 radical (unpaired) electrons. The fourth-order valence-corrected chi connectivity index (χ4v) is 5.88. The Bertz CT molecular complexity index is 482. The Labute approximate surface area is 153 Å². The molecule has 4 aliphatic rings. The average Bonchev–Trinajstić information content (AvgIpc) is 3.38. The van der Waals surface area contributed by atoms with E-state index in [2.05, 4.69) is 27.0 Å². The number of aliphatic imine (C=N–C) groups is 1. The SMILES string of the molecule is CCOC1CC(NC(=NC)N2CCC(N3CCCC3)C2)C12CCCC2. The minimum atomic E-state index is 0.375. The fourth-order valence-electron chi connectivity index (χ4n) is 5.88. The van der Waals surface area contributed by atoms with Gasteiger partial charge in [0.1, 0.15) is 0 Å². The highest BCUT2D eigenvalue weighted by atomic mass is 16.5. The first kappa shape index (κ1) is 17.6. The van der Waals surface area contributed by atoms with E-state index in [1.165, 1.54) is 58.0 Å². The number of hydrogen-bond acceptors (Lipinski definition) is 3. The molecule has 5 heteroatoms. The summed E-state index contributed by atoms with van der Waals surface area (Å²) in [5, 5.41) is 3.85. The number of hydrogen-bond donors (Lipinski definition) is 1. The predicted molar refractivity (Wildman–Crippen MR) is 102 cm³/mol. The summed E-state index contributed by atoms with van der Waals surface area (Å²) in [4.78, 5) is 9.84. The molecule has 142 valence electrons. The van der Waals surface area contributed by atoms with Crippen LogP contribution >= 0.6 is 0 Å². The number of likely N-dealkylation sites (tertiary alicyclic amines) is 2. The molecule has 0 aromatic heterocycles. The molecule has 25 heavy (non-hydrogen) atoms. The second-order valence-corrected chi connectivity index (χ2v) is 8.50. The molecule has 5 nitrogen and oxygen atoms in total. The van der Waals surface area contributed by atoms with Crippen molar-refractivity contribution in [2.24, 2.45) is 10.4 Å². The normalized spacial score (nSPS) is 35.5. The highest BCUT2D eigenvalue weighted by Crippen LogP contribution is 2.54. The molecule has 1 N–H and O–H groups in total. The van der Waals surface area contributed by atoms with Crippen LogP contribution in [0.1, 0.15) is 58.3 Å². The summed E-state index contributed by atoms with van der Waals surface area (Å²) in [5.74, 6) is 1.13. The third-order valence-corrected chi connectivity index (χ3v) is 7.32. The van der Waals surface area contributed by atoms with Crippen LogP contribution in [0.5, 0.6) is 0 Å². The molecule has 3 unspecified atom stereocenters. The summed E-state index contributed by atoms with van der Waals surface area (Å²) in [6.45, 7) is 7.87. The van der Waals surface area contributed by atoms with Crippen molar-refractivity contribution in [3.05, 3.63) is 0 Å². The van der Waals surface area contributed by atoms with Gasteiger partial charge >= 0.3 is 0 Å². The van der Waals surface area contributed by atoms with Crippen molar-refractivity contribution in [3.8, 4) is 0 Å². The quantitative estimate of drug-likeness (QED) is 0.626. The first-order valence-electron chi connectivity index (χ1n) is 10.6. The zero-order chi connectivity index (χ0) is 17.3. The van der Waals surface area contributed by atoms with Gasteiger partial charge in [-0.2, -0.15) is 0 Å². The lowest BCUT2D eigenvalue weighted by atomic mass is 9.60. The monoisotopic (exact) mass is 348 g/mol. The molecule has 0 bridgehead atoms. The first-order valence-corrected chi connectivity index (χ1v) is 10.6. The Balaban J connectivity index is 1.36. The molecule has 2 aliphatic carbocycles. The molecule has 4 rings (SSSR count). The van der Waals surface area contributed by atoms with Crippen LogP contribution in [-0.4, -0.2) is 73.8 Å². The number of rotatable bonds is 4. The number of ether oxygens (including phenoxy) is 1. The van der Waals surface area contributed by atoms with Crippen molar-refractivity contribution in [1.29, 1.82) is 0 Å². The van der Waals surface area contributed by atoms with E-state index in [0.29, 0.717) is 17.6 Å².